The van der Waals surface area contributed by atoms with Gasteiger partial charge in [-0.15, -0.1) is 0 Å². The first kappa shape index (κ1) is 15.9. The molecule has 2 atom stereocenters. The first-order chi connectivity index (χ1) is 11.0. The molecule has 1 aliphatic heterocycles. The van der Waals surface area contributed by atoms with Gasteiger partial charge in [-0.3, -0.25) is 19.7 Å². The monoisotopic (exact) mass is 318 g/mol. The number of imide groups is 1. The van der Waals surface area contributed by atoms with E-state index in [2.05, 4.69) is 15.3 Å². The van der Waals surface area contributed by atoms with Crippen LogP contribution in [0.4, 0.5) is 4.79 Å². The minimum absolute atomic E-state index is 0.0248. The summed E-state index contributed by atoms with van der Waals surface area (Å²) >= 11 is 0. The molecule has 1 aliphatic carbocycles. The number of nitrogens with zero attached hydrogens (tertiary/aromatic N) is 3. The second-order valence-electron chi connectivity index (χ2n) is 6.60. The normalized spacial score (nSPS) is 26.6. The summed E-state index contributed by atoms with van der Waals surface area (Å²) in [5, 5.41) is 12.9. The van der Waals surface area contributed by atoms with Gasteiger partial charge in [-0.2, -0.15) is 0 Å². The van der Waals surface area contributed by atoms with Crippen LogP contribution in [-0.2, 0) is 10.3 Å². The van der Waals surface area contributed by atoms with Gasteiger partial charge < -0.3 is 10.4 Å². The number of aliphatic hydroxyl groups excluding tert-OH is 1. The van der Waals surface area contributed by atoms with Crippen LogP contribution in [0.15, 0.2) is 18.6 Å². The maximum absolute atomic E-state index is 12.7. The van der Waals surface area contributed by atoms with E-state index in [0.29, 0.717) is 18.0 Å². The van der Waals surface area contributed by atoms with Crippen molar-refractivity contribution in [3.8, 4) is 0 Å². The molecule has 2 unspecified atom stereocenters. The van der Waals surface area contributed by atoms with Crippen LogP contribution in [-0.4, -0.2) is 44.6 Å². The van der Waals surface area contributed by atoms with Gasteiger partial charge in [0, 0.05) is 12.4 Å². The molecule has 23 heavy (non-hydrogen) atoms. The zero-order valence-corrected chi connectivity index (χ0v) is 13.2. The number of aliphatic hydroxyl groups is 1. The number of hydrogen-bond acceptors (Lipinski definition) is 5. The molecule has 124 valence electrons. The molecule has 1 aromatic heterocycles. The van der Waals surface area contributed by atoms with Gasteiger partial charge >= 0.3 is 6.03 Å². The zero-order chi connectivity index (χ0) is 16.4. The lowest BCUT2D eigenvalue weighted by molar-refractivity contribution is -0.132. The number of nitrogens with one attached hydrogen (secondary N) is 1. The quantitative estimate of drug-likeness (QED) is 0.795. The minimum Gasteiger partial charge on any atom is -0.391 e. The Labute approximate surface area is 135 Å². The Morgan fingerprint density at radius 3 is 2.78 bits per heavy atom. The molecule has 3 amide bonds. The van der Waals surface area contributed by atoms with Crippen LogP contribution in [0, 0.1) is 5.92 Å². The Hall–Kier alpha value is -2.02. The number of amides is 3. The molecule has 0 spiro atoms. The molecule has 7 heteroatoms. The number of aromatic nitrogens is 2. The summed E-state index contributed by atoms with van der Waals surface area (Å²) < 4.78 is 0. The molecule has 2 aliphatic rings. The average Bonchev–Trinajstić information content (AvgIpc) is 3.11. The van der Waals surface area contributed by atoms with E-state index in [0.717, 1.165) is 17.7 Å². The van der Waals surface area contributed by atoms with E-state index in [1.54, 1.807) is 6.92 Å². The van der Waals surface area contributed by atoms with Crippen molar-refractivity contribution in [1.29, 1.82) is 0 Å². The first-order valence-corrected chi connectivity index (χ1v) is 8.09. The molecule has 3 rings (SSSR count). The highest BCUT2D eigenvalue weighted by atomic mass is 16.3. The van der Waals surface area contributed by atoms with Gasteiger partial charge in [-0.05, 0) is 19.3 Å². The molecule has 0 bridgehead atoms. The topological polar surface area (TPSA) is 95.4 Å². The molecule has 0 radical (unpaired) electrons. The predicted octanol–water partition coefficient (Wildman–Crippen LogP) is 1.18. The molecule has 2 fully saturated rings. The van der Waals surface area contributed by atoms with Crippen molar-refractivity contribution in [2.45, 2.75) is 50.7 Å². The van der Waals surface area contributed by atoms with Crippen LogP contribution in [0.3, 0.4) is 0 Å². The summed E-state index contributed by atoms with van der Waals surface area (Å²) in [5.41, 5.74) is -0.829. The summed E-state index contributed by atoms with van der Waals surface area (Å²) in [5.74, 6) is 0.102. The van der Waals surface area contributed by atoms with Crippen molar-refractivity contribution in [3.05, 3.63) is 24.3 Å². The Balaban J connectivity index is 1.69. The standard InChI is InChI=1S/C16H22N4O3/c1-16(13-9-17-6-7-18-13)14(22)20(15(23)19-16)10-12(21)8-11-4-2-3-5-11/h6-7,9,11-12,21H,2-5,8,10H2,1H3,(H,19,23). The van der Waals surface area contributed by atoms with Crippen molar-refractivity contribution >= 4 is 11.9 Å². The molecule has 1 saturated carbocycles. The lowest BCUT2D eigenvalue weighted by Gasteiger charge is -2.22. The summed E-state index contributed by atoms with van der Waals surface area (Å²) in [6.07, 6.45) is 9.06. The third-order valence-corrected chi connectivity index (χ3v) is 4.82. The van der Waals surface area contributed by atoms with E-state index in [1.165, 1.54) is 31.4 Å². The Kier molecular flexibility index (Phi) is 4.30. The van der Waals surface area contributed by atoms with Crippen LogP contribution in [0.25, 0.3) is 0 Å². The molecule has 2 N–H and O–H groups in total. The summed E-state index contributed by atoms with van der Waals surface area (Å²) in [6, 6.07) is -0.492. The number of carbonyl (C=O) groups is 2. The van der Waals surface area contributed by atoms with E-state index in [1.807, 2.05) is 0 Å². The van der Waals surface area contributed by atoms with Crippen molar-refractivity contribution in [1.82, 2.24) is 20.2 Å². The first-order valence-electron chi connectivity index (χ1n) is 8.09. The highest BCUT2D eigenvalue weighted by molar-refractivity contribution is 6.06. The third-order valence-electron chi connectivity index (χ3n) is 4.82. The Bertz CT molecular complexity index is 588. The Morgan fingerprint density at radius 1 is 1.39 bits per heavy atom. The van der Waals surface area contributed by atoms with Crippen molar-refractivity contribution in [2.24, 2.45) is 5.92 Å². The van der Waals surface area contributed by atoms with Crippen LogP contribution in [0.2, 0.25) is 0 Å². The molecule has 1 aromatic rings. The smallest absolute Gasteiger partial charge is 0.325 e. The summed E-state index contributed by atoms with van der Waals surface area (Å²) in [7, 11) is 0. The average molecular weight is 318 g/mol. The fraction of sp³-hybridized carbons (Fsp3) is 0.625. The molecule has 7 nitrogen and oxygen atoms in total. The molecular weight excluding hydrogens is 296 g/mol. The fourth-order valence-corrected chi connectivity index (χ4v) is 3.51. The predicted molar refractivity (Wildman–Crippen MR) is 82.2 cm³/mol. The second kappa shape index (κ2) is 6.23. The SMILES string of the molecule is CC1(c2cnccn2)NC(=O)N(CC(O)CC2CCCC2)C1=O. The highest BCUT2D eigenvalue weighted by Gasteiger charge is 2.50. The van der Waals surface area contributed by atoms with Gasteiger partial charge in [0.1, 0.15) is 0 Å². The van der Waals surface area contributed by atoms with Gasteiger partial charge in [0.15, 0.2) is 5.54 Å². The molecule has 0 aromatic carbocycles. The van der Waals surface area contributed by atoms with Gasteiger partial charge in [-0.1, -0.05) is 25.7 Å². The molecule has 2 heterocycles. The number of carbonyl (C=O) groups excluding carboxylic acids is 2. The third kappa shape index (κ3) is 3.06. The van der Waals surface area contributed by atoms with Crippen LogP contribution in [0.1, 0.15) is 44.7 Å². The lowest BCUT2D eigenvalue weighted by atomic mass is 9.97. The number of β-amino-alcohol motifs (C(OH)–C–C–N with tert-alkyl or cyclic N) is 1. The lowest BCUT2D eigenvalue weighted by Crippen LogP contribution is -2.42. The van der Waals surface area contributed by atoms with Gasteiger partial charge in [0.2, 0.25) is 0 Å². The summed E-state index contributed by atoms with van der Waals surface area (Å²) in [4.78, 5) is 34.0. The van der Waals surface area contributed by atoms with Gasteiger partial charge in [0.25, 0.3) is 5.91 Å². The second-order valence-corrected chi connectivity index (χ2v) is 6.60. The zero-order valence-electron chi connectivity index (χ0n) is 13.2. The van der Waals surface area contributed by atoms with Crippen LogP contribution < -0.4 is 5.32 Å². The summed E-state index contributed by atoms with van der Waals surface area (Å²) in [6.45, 7) is 1.64. The maximum atomic E-state index is 12.7. The largest absolute Gasteiger partial charge is 0.391 e. The number of urea groups is 1. The Morgan fingerprint density at radius 2 is 2.13 bits per heavy atom. The van der Waals surface area contributed by atoms with Crippen molar-refractivity contribution < 1.29 is 14.7 Å². The van der Waals surface area contributed by atoms with E-state index in [4.69, 9.17) is 0 Å². The van der Waals surface area contributed by atoms with Gasteiger partial charge in [-0.25, -0.2) is 4.79 Å². The van der Waals surface area contributed by atoms with E-state index in [9.17, 15) is 14.7 Å². The fourth-order valence-electron chi connectivity index (χ4n) is 3.51. The molecular formula is C16H22N4O3. The van der Waals surface area contributed by atoms with Crippen molar-refractivity contribution in [2.75, 3.05) is 6.54 Å². The highest BCUT2D eigenvalue weighted by Crippen LogP contribution is 2.30. The number of hydrogen-bond donors (Lipinski definition) is 2. The van der Waals surface area contributed by atoms with Gasteiger partial charge in [0.05, 0.1) is 24.5 Å². The van der Waals surface area contributed by atoms with Crippen LogP contribution >= 0.6 is 0 Å². The minimum atomic E-state index is -1.22. The number of rotatable bonds is 5. The van der Waals surface area contributed by atoms with Crippen molar-refractivity contribution in [3.63, 3.8) is 0 Å². The van der Waals surface area contributed by atoms with E-state index >= 15 is 0 Å². The van der Waals surface area contributed by atoms with Crippen LogP contribution in [0.5, 0.6) is 0 Å². The van der Waals surface area contributed by atoms with E-state index in [-0.39, 0.29) is 6.54 Å². The molecule has 1 saturated heterocycles. The van der Waals surface area contributed by atoms with E-state index < -0.39 is 23.6 Å². The maximum Gasteiger partial charge on any atom is 0.325 e.